The van der Waals surface area contributed by atoms with Crippen molar-refractivity contribution in [3.63, 3.8) is 0 Å². The van der Waals surface area contributed by atoms with Crippen molar-refractivity contribution < 1.29 is 9.85 Å². The van der Waals surface area contributed by atoms with E-state index in [1.165, 1.54) is 6.92 Å². The largest absolute Gasteiger partial charge is 0.387 e. The van der Waals surface area contributed by atoms with Crippen LogP contribution in [-0.2, 0) is 0 Å². The van der Waals surface area contributed by atoms with E-state index in [1.54, 1.807) is 0 Å². The van der Waals surface area contributed by atoms with Crippen molar-refractivity contribution >= 4 is 17.1 Å². The number of aromatic nitrogens is 1. The molecule has 1 aromatic rings. The van der Waals surface area contributed by atoms with Crippen LogP contribution in [0.1, 0.15) is 5.69 Å². The van der Waals surface area contributed by atoms with Crippen LogP contribution < -0.4 is 5.73 Å². The van der Waals surface area contributed by atoms with Crippen molar-refractivity contribution in [2.45, 2.75) is 6.92 Å². The summed E-state index contributed by atoms with van der Waals surface area (Å²) in [5.74, 6) is 0. The lowest BCUT2D eigenvalue weighted by Gasteiger charge is -2.00. The summed E-state index contributed by atoms with van der Waals surface area (Å²) in [6, 6.07) is 0. The molecule has 0 amide bonds. The second kappa shape index (κ2) is 3.24. The minimum atomic E-state index is -0.811. The number of nitro groups is 2. The molecular weight excluding hydrogens is 192 g/mol. The molecule has 0 saturated heterocycles. The van der Waals surface area contributed by atoms with Crippen LogP contribution in [0.3, 0.4) is 0 Å². The molecule has 0 bridgehead atoms. The molecule has 0 aliphatic heterocycles. The third kappa shape index (κ3) is 1.44. The van der Waals surface area contributed by atoms with Gasteiger partial charge in [0.1, 0.15) is 11.9 Å². The molecule has 0 spiro atoms. The monoisotopic (exact) mass is 198 g/mol. The molecule has 0 saturated carbocycles. The zero-order valence-electron chi connectivity index (χ0n) is 7.13. The van der Waals surface area contributed by atoms with Gasteiger partial charge in [-0.15, -0.1) is 0 Å². The number of hydrogen-bond donors (Lipinski definition) is 1. The Morgan fingerprint density at radius 1 is 1.36 bits per heavy atom. The van der Waals surface area contributed by atoms with Crippen LogP contribution >= 0.6 is 0 Å². The van der Waals surface area contributed by atoms with Gasteiger partial charge < -0.3 is 5.73 Å². The van der Waals surface area contributed by atoms with Crippen molar-refractivity contribution in [2.75, 3.05) is 5.73 Å². The summed E-state index contributed by atoms with van der Waals surface area (Å²) in [6.07, 6.45) is 0.900. The van der Waals surface area contributed by atoms with Gasteiger partial charge in [-0.3, -0.25) is 20.2 Å². The summed E-state index contributed by atoms with van der Waals surface area (Å²) in [4.78, 5) is 22.8. The van der Waals surface area contributed by atoms with Crippen molar-refractivity contribution in [3.8, 4) is 0 Å². The highest BCUT2D eigenvalue weighted by molar-refractivity contribution is 5.71. The topological polar surface area (TPSA) is 125 Å². The van der Waals surface area contributed by atoms with Gasteiger partial charge in [0, 0.05) is 0 Å². The SMILES string of the molecule is Cc1ncc([N+](=O)[O-])c(N)c1[N+](=O)[O-]. The van der Waals surface area contributed by atoms with Crippen molar-refractivity contribution in [3.05, 3.63) is 32.1 Å². The standard InChI is InChI=1S/C6H6N4O4/c1-3-6(10(13)14)5(7)4(2-8-3)9(11)12/h2H,1H3,(H2,7,8). The first-order valence-electron chi connectivity index (χ1n) is 3.49. The number of nitrogens with two attached hydrogens (primary N) is 1. The molecule has 0 aliphatic carbocycles. The van der Waals surface area contributed by atoms with Gasteiger partial charge in [0.05, 0.1) is 9.85 Å². The molecule has 0 unspecified atom stereocenters. The van der Waals surface area contributed by atoms with E-state index in [1.807, 2.05) is 0 Å². The average molecular weight is 198 g/mol. The molecule has 1 aromatic heterocycles. The highest BCUT2D eigenvalue weighted by atomic mass is 16.6. The van der Waals surface area contributed by atoms with E-state index in [0.29, 0.717) is 0 Å². The molecule has 0 aliphatic rings. The Hall–Kier alpha value is -2.25. The van der Waals surface area contributed by atoms with Crippen LogP contribution in [-0.4, -0.2) is 14.8 Å². The Morgan fingerprint density at radius 2 is 1.93 bits per heavy atom. The van der Waals surface area contributed by atoms with Gasteiger partial charge in [0.2, 0.25) is 0 Å². The molecule has 0 aromatic carbocycles. The molecule has 14 heavy (non-hydrogen) atoms. The Labute approximate surface area is 77.7 Å². The number of anilines is 1. The molecule has 0 atom stereocenters. The minimum Gasteiger partial charge on any atom is -0.387 e. The molecule has 74 valence electrons. The summed E-state index contributed by atoms with van der Waals surface area (Å²) >= 11 is 0. The van der Waals surface area contributed by atoms with Crippen LogP contribution in [0.4, 0.5) is 17.1 Å². The predicted molar refractivity (Wildman–Crippen MR) is 46.7 cm³/mol. The molecule has 0 fully saturated rings. The second-order valence-electron chi connectivity index (χ2n) is 2.51. The van der Waals surface area contributed by atoms with Gasteiger partial charge >= 0.3 is 11.4 Å². The maximum Gasteiger partial charge on any atom is 0.320 e. The van der Waals surface area contributed by atoms with E-state index < -0.39 is 26.9 Å². The predicted octanol–water partition coefficient (Wildman–Crippen LogP) is 0.789. The number of nitrogen functional groups attached to an aromatic ring is 1. The van der Waals surface area contributed by atoms with Gasteiger partial charge in [-0.2, -0.15) is 0 Å². The van der Waals surface area contributed by atoms with Crippen LogP contribution in [0, 0.1) is 27.2 Å². The lowest BCUT2D eigenvalue weighted by Crippen LogP contribution is -2.04. The number of hydrogen-bond acceptors (Lipinski definition) is 6. The van der Waals surface area contributed by atoms with E-state index in [0.717, 1.165) is 6.20 Å². The number of aryl methyl sites for hydroxylation is 1. The molecule has 0 radical (unpaired) electrons. The quantitative estimate of drug-likeness (QED) is 0.552. The Bertz CT molecular complexity index is 417. The van der Waals surface area contributed by atoms with E-state index in [9.17, 15) is 20.2 Å². The van der Waals surface area contributed by atoms with E-state index >= 15 is 0 Å². The molecule has 2 N–H and O–H groups in total. The first-order valence-corrected chi connectivity index (χ1v) is 3.49. The van der Waals surface area contributed by atoms with Crippen LogP contribution in [0.2, 0.25) is 0 Å². The smallest absolute Gasteiger partial charge is 0.320 e. The highest BCUT2D eigenvalue weighted by Gasteiger charge is 2.25. The third-order valence-corrected chi connectivity index (χ3v) is 1.63. The number of nitrogens with zero attached hydrogens (tertiary/aromatic N) is 3. The van der Waals surface area contributed by atoms with E-state index in [2.05, 4.69) is 4.98 Å². The Morgan fingerprint density at radius 3 is 2.36 bits per heavy atom. The summed E-state index contributed by atoms with van der Waals surface area (Å²) in [7, 11) is 0. The lowest BCUT2D eigenvalue weighted by atomic mass is 10.2. The Balaban J connectivity index is 3.49. The summed E-state index contributed by atoms with van der Waals surface area (Å²) in [6.45, 7) is 1.36. The average Bonchev–Trinajstić information content (AvgIpc) is 2.02. The van der Waals surface area contributed by atoms with E-state index in [4.69, 9.17) is 5.73 Å². The van der Waals surface area contributed by atoms with Gasteiger partial charge in [-0.1, -0.05) is 0 Å². The van der Waals surface area contributed by atoms with Crippen molar-refractivity contribution in [1.82, 2.24) is 4.98 Å². The molecular formula is C6H6N4O4. The number of pyridine rings is 1. The van der Waals surface area contributed by atoms with E-state index in [-0.39, 0.29) is 5.69 Å². The molecule has 1 rings (SSSR count). The fourth-order valence-corrected chi connectivity index (χ4v) is 0.981. The first-order chi connectivity index (χ1) is 6.45. The van der Waals surface area contributed by atoms with Gasteiger partial charge in [-0.25, -0.2) is 4.98 Å². The van der Waals surface area contributed by atoms with Gasteiger partial charge in [0.15, 0.2) is 5.69 Å². The lowest BCUT2D eigenvalue weighted by molar-refractivity contribution is -0.393. The third-order valence-electron chi connectivity index (χ3n) is 1.63. The summed E-state index contributed by atoms with van der Waals surface area (Å²) < 4.78 is 0. The number of rotatable bonds is 2. The maximum absolute atomic E-state index is 10.5. The maximum atomic E-state index is 10.5. The highest BCUT2D eigenvalue weighted by Crippen LogP contribution is 2.31. The fourth-order valence-electron chi connectivity index (χ4n) is 0.981. The van der Waals surface area contributed by atoms with Gasteiger partial charge in [-0.05, 0) is 6.92 Å². The van der Waals surface area contributed by atoms with Crippen LogP contribution in [0.25, 0.3) is 0 Å². The second-order valence-corrected chi connectivity index (χ2v) is 2.51. The summed E-state index contributed by atoms with van der Waals surface area (Å²) in [5, 5.41) is 20.9. The summed E-state index contributed by atoms with van der Waals surface area (Å²) in [5.41, 5.74) is 3.78. The zero-order valence-corrected chi connectivity index (χ0v) is 7.13. The van der Waals surface area contributed by atoms with Crippen molar-refractivity contribution in [1.29, 1.82) is 0 Å². The molecule has 1 heterocycles. The molecule has 8 heteroatoms. The fraction of sp³-hybridized carbons (Fsp3) is 0.167. The normalized spacial score (nSPS) is 9.79. The molecule has 8 nitrogen and oxygen atoms in total. The zero-order chi connectivity index (χ0) is 10.9. The Kier molecular flexibility index (Phi) is 2.28. The van der Waals surface area contributed by atoms with Gasteiger partial charge in [0.25, 0.3) is 0 Å². The van der Waals surface area contributed by atoms with Crippen molar-refractivity contribution in [2.24, 2.45) is 0 Å². The van der Waals surface area contributed by atoms with Crippen LogP contribution in [0.5, 0.6) is 0 Å². The minimum absolute atomic E-state index is 0.0538. The van der Waals surface area contributed by atoms with Crippen LogP contribution in [0.15, 0.2) is 6.20 Å². The first kappa shape index (κ1) is 9.84.